The highest BCUT2D eigenvalue weighted by atomic mass is 16.4. The van der Waals surface area contributed by atoms with Crippen molar-refractivity contribution in [3.8, 4) is 0 Å². The van der Waals surface area contributed by atoms with Gasteiger partial charge >= 0.3 is 5.97 Å². The molecule has 0 radical (unpaired) electrons. The average molecular weight is 809 g/mol. The maximum Gasteiger partial charge on any atom is 0.311 e. The summed E-state index contributed by atoms with van der Waals surface area (Å²) >= 11 is 0. The van der Waals surface area contributed by atoms with Gasteiger partial charge in [-0.3, -0.25) is 28.8 Å². The number of hydrogen-bond donors (Lipinski definition) is 5. The topological polar surface area (TPSA) is 185 Å². The van der Waals surface area contributed by atoms with Crippen molar-refractivity contribution in [1.29, 1.82) is 0 Å². The molecule has 0 heterocycles. The number of hydrogen-bond acceptors (Lipinski definition) is 10. The molecule has 326 valence electrons. The zero-order chi connectivity index (χ0) is 43.9. The summed E-state index contributed by atoms with van der Waals surface area (Å²) in [6.45, 7) is 22.1. The fourth-order valence-corrected chi connectivity index (χ4v) is 7.17. The van der Waals surface area contributed by atoms with Gasteiger partial charge in [0.05, 0.1) is 24.5 Å². The van der Waals surface area contributed by atoms with E-state index in [2.05, 4.69) is 22.5 Å². The molecule has 58 heavy (non-hydrogen) atoms. The molecule has 1 rings (SSSR count). The number of ketones is 5. The summed E-state index contributed by atoms with van der Waals surface area (Å²) in [6.07, 6.45) is 7.48. The lowest BCUT2D eigenvalue weighted by Crippen LogP contribution is -2.49. The van der Waals surface area contributed by atoms with E-state index < -0.39 is 35.9 Å². The maximum absolute atomic E-state index is 13.5. The first-order valence-corrected chi connectivity index (χ1v) is 21.6. The Labute approximate surface area is 349 Å². The van der Waals surface area contributed by atoms with Gasteiger partial charge < -0.3 is 26.8 Å². The van der Waals surface area contributed by atoms with E-state index in [1.165, 1.54) is 6.08 Å². The zero-order valence-corrected chi connectivity index (χ0v) is 37.0. The molecule has 0 unspecified atom stereocenters. The van der Waals surface area contributed by atoms with Crippen LogP contribution in [0.5, 0.6) is 0 Å². The second-order valence-corrected chi connectivity index (χ2v) is 17.1. The monoisotopic (exact) mass is 809 g/mol. The van der Waals surface area contributed by atoms with Gasteiger partial charge in [-0.05, 0) is 54.6 Å². The first kappa shape index (κ1) is 52.4. The number of benzene rings is 1. The van der Waals surface area contributed by atoms with Crippen LogP contribution in [-0.2, 0) is 35.2 Å². The number of nitrogens with one attached hydrogen (secondary N) is 3. The van der Waals surface area contributed by atoms with Gasteiger partial charge in [0.15, 0.2) is 23.1 Å². The van der Waals surface area contributed by atoms with E-state index in [0.29, 0.717) is 38.8 Å². The first-order valence-electron chi connectivity index (χ1n) is 21.6. The van der Waals surface area contributed by atoms with Crippen molar-refractivity contribution >= 4 is 34.9 Å². The van der Waals surface area contributed by atoms with E-state index in [9.17, 15) is 33.9 Å². The third-order valence-electron chi connectivity index (χ3n) is 10.9. The lowest BCUT2D eigenvalue weighted by molar-refractivity contribution is -0.143. The van der Waals surface area contributed by atoms with Crippen LogP contribution >= 0.6 is 0 Å². The number of aliphatic carboxylic acids is 1. The molecule has 7 atom stereocenters. The second kappa shape index (κ2) is 27.9. The smallest absolute Gasteiger partial charge is 0.311 e. The van der Waals surface area contributed by atoms with Crippen LogP contribution in [0.3, 0.4) is 0 Å². The Bertz CT molecular complexity index is 1490. The van der Waals surface area contributed by atoms with E-state index >= 15 is 0 Å². The number of carboxylic acid groups (broad SMARTS) is 1. The summed E-state index contributed by atoms with van der Waals surface area (Å²) < 4.78 is 0. The van der Waals surface area contributed by atoms with Gasteiger partial charge in [-0.25, -0.2) is 0 Å². The molecule has 0 saturated carbocycles. The Kier molecular flexibility index (Phi) is 25.2. The van der Waals surface area contributed by atoms with Crippen LogP contribution in [0.15, 0.2) is 54.6 Å². The van der Waals surface area contributed by atoms with Gasteiger partial charge in [0, 0.05) is 62.3 Å². The molecule has 0 aliphatic heterocycles. The second-order valence-electron chi connectivity index (χ2n) is 17.1. The normalized spacial score (nSPS) is 15.5. The molecule has 0 aliphatic carbocycles. The molecule has 11 heteroatoms. The van der Waals surface area contributed by atoms with Crippen LogP contribution < -0.4 is 21.7 Å². The molecule has 6 N–H and O–H groups in total. The molecule has 0 fully saturated rings. The van der Waals surface area contributed by atoms with Crippen LogP contribution in [0, 0.1) is 35.5 Å². The molecule has 0 aliphatic rings. The van der Waals surface area contributed by atoms with Crippen molar-refractivity contribution in [3.05, 3.63) is 60.2 Å². The molecular weight excluding hydrogens is 733 g/mol. The number of rotatable bonds is 33. The quantitative estimate of drug-likeness (QED) is 0.0491. The Morgan fingerprint density at radius 1 is 0.828 bits per heavy atom. The lowest BCUT2D eigenvalue weighted by atomic mass is 9.78. The predicted molar refractivity (Wildman–Crippen MR) is 233 cm³/mol. The Morgan fingerprint density at radius 3 is 2.00 bits per heavy atom. The number of Topliss-reactive ketones (excluding diaryl/α,β-unsaturated/α-hetero) is 4. The molecule has 0 spiro atoms. The van der Waals surface area contributed by atoms with Crippen molar-refractivity contribution in [1.82, 2.24) is 16.0 Å². The van der Waals surface area contributed by atoms with E-state index in [1.807, 2.05) is 78.8 Å². The number of allylic oxidation sites excluding steroid dienone is 2. The molecule has 0 bridgehead atoms. The number of carboxylic acids is 1. The summed E-state index contributed by atoms with van der Waals surface area (Å²) in [5.41, 5.74) is 7.74. The van der Waals surface area contributed by atoms with Gasteiger partial charge in [-0.15, -0.1) is 0 Å². The number of nitrogens with two attached hydrogens (primary N) is 1. The fourth-order valence-electron chi connectivity index (χ4n) is 7.17. The SMILES string of the molecule is C=C(C(=O)[C@@H](/C=C/C(=O)C[C@H](N)[C@H](Cc1ccccc1)NCCC(=O)[C@@H](NCCC(=O)[C@H](CC(C)C)NCC(=O)CCCC)C(C)C)[C@@H](C)CC)[C@H](C(=O)O)C(C)C. The van der Waals surface area contributed by atoms with Gasteiger partial charge in [-0.1, -0.05) is 118 Å². The van der Waals surface area contributed by atoms with Crippen LogP contribution in [0.2, 0.25) is 0 Å². The van der Waals surface area contributed by atoms with E-state index in [0.717, 1.165) is 18.4 Å². The van der Waals surface area contributed by atoms with E-state index in [1.54, 1.807) is 19.9 Å². The van der Waals surface area contributed by atoms with Crippen molar-refractivity contribution < 1.29 is 33.9 Å². The zero-order valence-electron chi connectivity index (χ0n) is 37.0. The van der Waals surface area contributed by atoms with Crippen molar-refractivity contribution in [2.75, 3.05) is 19.6 Å². The lowest BCUT2D eigenvalue weighted by Gasteiger charge is -2.26. The third-order valence-corrected chi connectivity index (χ3v) is 10.9. The summed E-state index contributed by atoms with van der Waals surface area (Å²) in [5, 5.41) is 19.7. The molecule has 0 aromatic heterocycles. The summed E-state index contributed by atoms with van der Waals surface area (Å²) in [6, 6.07) is 7.92. The molecule has 1 aromatic carbocycles. The third kappa shape index (κ3) is 19.4. The molecular formula is C47H76N4O7. The molecule has 1 aromatic rings. The van der Waals surface area contributed by atoms with Gasteiger partial charge in [-0.2, -0.15) is 0 Å². The number of carbonyl (C=O) groups excluding carboxylic acids is 5. The Hall–Kier alpha value is -3.64. The highest BCUT2D eigenvalue weighted by Gasteiger charge is 2.33. The minimum Gasteiger partial charge on any atom is -0.481 e. The molecule has 0 amide bonds. The predicted octanol–water partition coefficient (Wildman–Crippen LogP) is 6.47. The van der Waals surface area contributed by atoms with Crippen LogP contribution in [0.25, 0.3) is 0 Å². The highest BCUT2D eigenvalue weighted by Crippen LogP contribution is 2.28. The summed E-state index contributed by atoms with van der Waals surface area (Å²) in [5.74, 6) is -3.53. The average Bonchev–Trinajstić information content (AvgIpc) is 3.16. The van der Waals surface area contributed by atoms with E-state index in [-0.39, 0.29) is 90.0 Å². The fraction of sp³-hybridized carbons (Fsp3) is 0.660. The number of carbonyl (C=O) groups is 6. The van der Waals surface area contributed by atoms with Crippen LogP contribution in [0.4, 0.5) is 0 Å². The summed E-state index contributed by atoms with van der Waals surface area (Å²) in [4.78, 5) is 77.8. The number of unbranched alkanes of at least 4 members (excludes halogenated alkanes) is 1. The Morgan fingerprint density at radius 2 is 1.45 bits per heavy atom. The van der Waals surface area contributed by atoms with Gasteiger partial charge in [0.2, 0.25) is 0 Å². The highest BCUT2D eigenvalue weighted by molar-refractivity contribution is 6.03. The maximum atomic E-state index is 13.5. The van der Waals surface area contributed by atoms with Crippen LogP contribution in [0.1, 0.15) is 119 Å². The largest absolute Gasteiger partial charge is 0.481 e. The first-order chi connectivity index (χ1) is 27.3. The van der Waals surface area contributed by atoms with Crippen molar-refractivity contribution in [3.63, 3.8) is 0 Å². The van der Waals surface area contributed by atoms with Crippen molar-refractivity contribution in [2.24, 2.45) is 41.2 Å². The van der Waals surface area contributed by atoms with E-state index in [4.69, 9.17) is 5.73 Å². The minimum absolute atomic E-state index is 0.00399. The molecule has 0 saturated heterocycles. The summed E-state index contributed by atoms with van der Waals surface area (Å²) in [7, 11) is 0. The van der Waals surface area contributed by atoms with Gasteiger partial charge in [0.1, 0.15) is 5.78 Å². The Balaban J connectivity index is 2.98. The minimum atomic E-state index is -1.10. The van der Waals surface area contributed by atoms with Crippen LogP contribution in [-0.4, -0.2) is 83.8 Å². The van der Waals surface area contributed by atoms with Crippen molar-refractivity contribution in [2.45, 2.75) is 144 Å². The standard InChI is InChI=1S/C47H76N4O7/c1-11-13-19-37(53)29-51-41(26-30(3)4)42(54)22-25-50-45(32(7)8)43(55)23-24-49-40(27-35-17-15-14-16-18-35)39(48)28-36(52)20-21-38(33(9)12-2)46(56)34(10)44(31(5)6)47(57)58/h14-18,20-21,30-33,38-41,44-45,49-51H,10-13,19,22-29,48H2,1-9H3,(H,57,58)/b21-20+/t33-,38-,39-,40-,41-,44+,45-/m0/s1. The molecule has 11 nitrogen and oxygen atoms in total. The van der Waals surface area contributed by atoms with Gasteiger partial charge in [0.25, 0.3) is 0 Å².